The Bertz CT molecular complexity index is 492. The molecular weight excluding hydrogens is 256 g/mol. The number of piperidine rings is 1. The van der Waals surface area contributed by atoms with Crippen molar-refractivity contribution in [2.24, 2.45) is 5.73 Å². The van der Waals surface area contributed by atoms with E-state index in [9.17, 15) is 4.79 Å². The molecule has 2 aliphatic rings. The SMILES string of the molecule is NC[C@H]1CCCCN1C(=O)[C@H]1COc2ccccc2O1. The number of hydrogen-bond donors (Lipinski definition) is 1. The second-order valence-corrected chi connectivity index (χ2v) is 5.28. The fourth-order valence-corrected chi connectivity index (χ4v) is 2.86. The van der Waals surface area contributed by atoms with Gasteiger partial charge in [-0.05, 0) is 31.4 Å². The number of ether oxygens (including phenoxy) is 2. The molecule has 3 rings (SSSR count). The fourth-order valence-electron chi connectivity index (χ4n) is 2.86. The van der Waals surface area contributed by atoms with E-state index in [1.54, 1.807) is 0 Å². The number of benzene rings is 1. The first kappa shape index (κ1) is 13.2. The summed E-state index contributed by atoms with van der Waals surface area (Å²) in [6.07, 6.45) is 2.59. The lowest BCUT2D eigenvalue weighted by atomic mass is 10.0. The van der Waals surface area contributed by atoms with Gasteiger partial charge in [-0.15, -0.1) is 0 Å². The zero-order valence-electron chi connectivity index (χ0n) is 11.5. The minimum absolute atomic E-state index is 0.00495. The Kier molecular flexibility index (Phi) is 3.78. The molecule has 20 heavy (non-hydrogen) atoms. The molecule has 2 aliphatic heterocycles. The second kappa shape index (κ2) is 5.71. The molecular formula is C15H20N2O3. The average molecular weight is 276 g/mol. The van der Waals surface area contributed by atoms with Crippen LogP contribution in [0.3, 0.4) is 0 Å². The zero-order chi connectivity index (χ0) is 13.9. The van der Waals surface area contributed by atoms with Crippen LogP contribution in [0.1, 0.15) is 19.3 Å². The van der Waals surface area contributed by atoms with Crippen molar-refractivity contribution < 1.29 is 14.3 Å². The first-order chi connectivity index (χ1) is 9.79. The van der Waals surface area contributed by atoms with Gasteiger partial charge in [-0.25, -0.2) is 0 Å². The maximum absolute atomic E-state index is 12.6. The van der Waals surface area contributed by atoms with Crippen molar-refractivity contribution in [3.05, 3.63) is 24.3 Å². The minimum atomic E-state index is -0.558. The normalized spacial score (nSPS) is 25.4. The third kappa shape index (κ3) is 2.45. The molecule has 1 saturated heterocycles. The van der Waals surface area contributed by atoms with Crippen LogP contribution in [0, 0.1) is 0 Å². The van der Waals surface area contributed by atoms with Crippen molar-refractivity contribution in [1.82, 2.24) is 4.90 Å². The average Bonchev–Trinajstić information content (AvgIpc) is 2.53. The summed E-state index contributed by atoms with van der Waals surface area (Å²) < 4.78 is 11.4. The van der Waals surface area contributed by atoms with Gasteiger partial charge in [-0.3, -0.25) is 4.79 Å². The van der Waals surface area contributed by atoms with Crippen LogP contribution in [0.4, 0.5) is 0 Å². The molecule has 2 N–H and O–H groups in total. The molecule has 1 amide bonds. The lowest BCUT2D eigenvalue weighted by Gasteiger charge is -2.38. The van der Waals surface area contributed by atoms with Gasteiger partial charge in [-0.2, -0.15) is 0 Å². The Balaban J connectivity index is 1.72. The third-order valence-electron chi connectivity index (χ3n) is 3.97. The first-order valence-electron chi connectivity index (χ1n) is 7.18. The van der Waals surface area contributed by atoms with Crippen LogP contribution in [0.2, 0.25) is 0 Å². The summed E-state index contributed by atoms with van der Waals surface area (Å²) in [4.78, 5) is 14.5. The Labute approximate surface area is 118 Å². The van der Waals surface area contributed by atoms with Gasteiger partial charge in [0.1, 0.15) is 6.61 Å². The minimum Gasteiger partial charge on any atom is -0.485 e. The van der Waals surface area contributed by atoms with Crippen LogP contribution < -0.4 is 15.2 Å². The van der Waals surface area contributed by atoms with Gasteiger partial charge >= 0.3 is 0 Å². The quantitative estimate of drug-likeness (QED) is 0.880. The van der Waals surface area contributed by atoms with Crippen molar-refractivity contribution in [3.63, 3.8) is 0 Å². The van der Waals surface area contributed by atoms with Crippen molar-refractivity contribution in [1.29, 1.82) is 0 Å². The number of para-hydroxylation sites is 2. The van der Waals surface area contributed by atoms with E-state index in [2.05, 4.69) is 0 Å². The third-order valence-corrected chi connectivity index (χ3v) is 3.97. The summed E-state index contributed by atoms with van der Waals surface area (Å²) in [6.45, 7) is 1.54. The number of rotatable bonds is 2. The number of amides is 1. The molecule has 108 valence electrons. The van der Waals surface area contributed by atoms with Gasteiger partial charge in [0, 0.05) is 19.1 Å². The molecule has 1 aromatic rings. The molecule has 2 heterocycles. The van der Waals surface area contributed by atoms with Crippen molar-refractivity contribution in [2.45, 2.75) is 31.4 Å². The molecule has 0 radical (unpaired) electrons. The first-order valence-corrected chi connectivity index (χ1v) is 7.18. The topological polar surface area (TPSA) is 64.8 Å². The van der Waals surface area contributed by atoms with E-state index in [0.29, 0.717) is 18.0 Å². The summed E-state index contributed by atoms with van der Waals surface area (Å²) in [6, 6.07) is 7.57. The van der Waals surface area contributed by atoms with E-state index in [4.69, 9.17) is 15.2 Å². The predicted octanol–water partition coefficient (Wildman–Crippen LogP) is 1.17. The highest BCUT2D eigenvalue weighted by Crippen LogP contribution is 2.31. The second-order valence-electron chi connectivity index (χ2n) is 5.28. The Hall–Kier alpha value is -1.75. The maximum Gasteiger partial charge on any atom is 0.267 e. The highest BCUT2D eigenvalue weighted by molar-refractivity contribution is 5.82. The summed E-state index contributed by atoms with van der Waals surface area (Å²) in [7, 11) is 0. The molecule has 1 aromatic carbocycles. The summed E-state index contributed by atoms with van der Waals surface area (Å²) in [5, 5.41) is 0. The van der Waals surface area contributed by atoms with Gasteiger partial charge in [0.15, 0.2) is 11.5 Å². The number of nitrogens with zero attached hydrogens (tertiary/aromatic N) is 1. The van der Waals surface area contributed by atoms with Crippen LogP contribution in [0.5, 0.6) is 11.5 Å². The summed E-state index contributed by atoms with van der Waals surface area (Å²) >= 11 is 0. The highest BCUT2D eigenvalue weighted by atomic mass is 16.6. The number of carbonyl (C=O) groups excluding carboxylic acids is 1. The number of fused-ring (bicyclic) bond motifs is 1. The molecule has 0 saturated carbocycles. The molecule has 0 aromatic heterocycles. The standard InChI is InChI=1S/C15H20N2O3/c16-9-11-5-3-4-8-17(11)15(18)14-10-19-12-6-1-2-7-13(12)20-14/h1-2,6-7,11,14H,3-5,8-10,16H2/t11-,14-/m1/s1. The van der Waals surface area contributed by atoms with Crippen molar-refractivity contribution in [2.75, 3.05) is 19.7 Å². The van der Waals surface area contributed by atoms with Crippen molar-refractivity contribution >= 4 is 5.91 Å². The largest absolute Gasteiger partial charge is 0.485 e. The van der Waals surface area contributed by atoms with Crippen LogP contribution in [0.15, 0.2) is 24.3 Å². The van der Waals surface area contributed by atoms with E-state index >= 15 is 0 Å². The monoisotopic (exact) mass is 276 g/mol. The van der Waals surface area contributed by atoms with Crippen LogP contribution in [-0.4, -0.2) is 42.6 Å². The number of likely N-dealkylation sites (tertiary alicyclic amines) is 1. The summed E-state index contributed by atoms with van der Waals surface area (Å²) in [5.74, 6) is 1.33. The Morgan fingerprint density at radius 2 is 2.10 bits per heavy atom. The molecule has 0 unspecified atom stereocenters. The zero-order valence-corrected chi connectivity index (χ0v) is 11.5. The number of hydrogen-bond acceptors (Lipinski definition) is 4. The number of carbonyl (C=O) groups is 1. The lowest BCUT2D eigenvalue weighted by molar-refractivity contribution is -0.144. The maximum atomic E-state index is 12.6. The van der Waals surface area contributed by atoms with Gasteiger partial charge in [0.05, 0.1) is 0 Å². The molecule has 0 spiro atoms. The smallest absolute Gasteiger partial charge is 0.267 e. The molecule has 5 heteroatoms. The fraction of sp³-hybridized carbons (Fsp3) is 0.533. The molecule has 0 aliphatic carbocycles. The van der Waals surface area contributed by atoms with Gasteiger partial charge in [0.2, 0.25) is 6.10 Å². The predicted molar refractivity (Wildman–Crippen MR) is 74.8 cm³/mol. The highest BCUT2D eigenvalue weighted by Gasteiger charge is 2.34. The van der Waals surface area contributed by atoms with Crippen molar-refractivity contribution in [3.8, 4) is 11.5 Å². The molecule has 5 nitrogen and oxygen atoms in total. The van der Waals surface area contributed by atoms with E-state index in [1.165, 1.54) is 0 Å². The van der Waals surface area contributed by atoms with Crippen LogP contribution in [0.25, 0.3) is 0 Å². The van der Waals surface area contributed by atoms with Gasteiger partial charge < -0.3 is 20.1 Å². The Morgan fingerprint density at radius 1 is 1.30 bits per heavy atom. The lowest BCUT2D eigenvalue weighted by Crippen LogP contribution is -2.54. The van der Waals surface area contributed by atoms with Gasteiger partial charge in [-0.1, -0.05) is 12.1 Å². The van der Waals surface area contributed by atoms with E-state index < -0.39 is 6.10 Å². The van der Waals surface area contributed by atoms with E-state index in [1.807, 2.05) is 29.2 Å². The number of nitrogens with two attached hydrogens (primary N) is 1. The van der Waals surface area contributed by atoms with E-state index in [-0.39, 0.29) is 18.6 Å². The molecule has 2 atom stereocenters. The van der Waals surface area contributed by atoms with Crippen LogP contribution >= 0.6 is 0 Å². The van der Waals surface area contributed by atoms with E-state index in [0.717, 1.165) is 25.8 Å². The van der Waals surface area contributed by atoms with Gasteiger partial charge in [0.25, 0.3) is 5.91 Å². The van der Waals surface area contributed by atoms with Crippen LogP contribution in [-0.2, 0) is 4.79 Å². The summed E-state index contributed by atoms with van der Waals surface area (Å²) in [5.41, 5.74) is 5.77. The molecule has 1 fully saturated rings. The molecule has 0 bridgehead atoms. The Morgan fingerprint density at radius 3 is 2.90 bits per heavy atom.